The molecular weight excluding hydrogens is 468 g/mol. The highest BCUT2D eigenvalue weighted by Crippen LogP contribution is 2.34. The van der Waals surface area contributed by atoms with Crippen LogP contribution in [-0.4, -0.2) is 31.1 Å². The van der Waals surface area contributed by atoms with Gasteiger partial charge in [-0.05, 0) is 42.3 Å². The number of pyridine rings is 1. The van der Waals surface area contributed by atoms with E-state index >= 15 is 0 Å². The fourth-order valence-corrected chi connectivity index (χ4v) is 4.90. The van der Waals surface area contributed by atoms with Crippen molar-refractivity contribution in [3.8, 4) is 0 Å². The number of thiocarbonyl (C=S) groups is 1. The molecule has 0 unspecified atom stereocenters. The topological polar surface area (TPSA) is 79.9 Å². The molecular formula is C25H20N4O3S2. The van der Waals surface area contributed by atoms with Crippen molar-refractivity contribution in [2.75, 3.05) is 11.9 Å². The highest BCUT2D eigenvalue weighted by atomic mass is 32.2. The van der Waals surface area contributed by atoms with Crippen molar-refractivity contribution in [1.29, 1.82) is 0 Å². The van der Waals surface area contributed by atoms with Crippen LogP contribution in [0.4, 0.5) is 5.82 Å². The molecule has 0 atom stereocenters. The molecule has 4 heterocycles. The van der Waals surface area contributed by atoms with Gasteiger partial charge in [-0.25, -0.2) is 4.98 Å². The van der Waals surface area contributed by atoms with Crippen LogP contribution in [0.1, 0.15) is 16.9 Å². The summed E-state index contributed by atoms with van der Waals surface area (Å²) in [5.41, 5.74) is 1.75. The second kappa shape index (κ2) is 9.66. The highest BCUT2D eigenvalue weighted by Gasteiger charge is 2.33. The molecule has 1 saturated heterocycles. The van der Waals surface area contributed by atoms with E-state index in [1.165, 1.54) is 26.6 Å². The molecule has 1 aliphatic rings. The average Bonchev–Trinajstić information content (AvgIpc) is 3.46. The fraction of sp³-hybridized carbons (Fsp3) is 0.120. The molecule has 34 heavy (non-hydrogen) atoms. The number of amides is 1. The Morgan fingerprint density at radius 3 is 2.68 bits per heavy atom. The number of carbonyl (C=O) groups excluding carboxylic acids is 1. The summed E-state index contributed by atoms with van der Waals surface area (Å²) in [6.07, 6.45) is 5.57. The van der Waals surface area contributed by atoms with Gasteiger partial charge >= 0.3 is 0 Å². The minimum Gasteiger partial charge on any atom is -0.467 e. The molecule has 1 amide bonds. The summed E-state index contributed by atoms with van der Waals surface area (Å²) in [5, 5.41) is 3.29. The molecule has 5 rings (SSSR count). The van der Waals surface area contributed by atoms with Gasteiger partial charge in [0.25, 0.3) is 11.5 Å². The van der Waals surface area contributed by atoms with Crippen LogP contribution < -0.4 is 10.9 Å². The second-order valence-corrected chi connectivity index (χ2v) is 9.29. The number of hydrogen-bond acceptors (Lipinski definition) is 7. The summed E-state index contributed by atoms with van der Waals surface area (Å²) in [6.45, 7) is 0.825. The zero-order valence-corrected chi connectivity index (χ0v) is 19.6. The molecule has 1 N–H and O–H groups in total. The lowest BCUT2D eigenvalue weighted by molar-refractivity contribution is -0.122. The van der Waals surface area contributed by atoms with Crippen molar-refractivity contribution >= 4 is 51.7 Å². The first-order chi connectivity index (χ1) is 16.6. The Morgan fingerprint density at radius 1 is 1.06 bits per heavy atom. The second-order valence-electron chi connectivity index (χ2n) is 7.62. The molecule has 1 fully saturated rings. The van der Waals surface area contributed by atoms with Crippen molar-refractivity contribution in [3.63, 3.8) is 0 Å². The van der Waals surface area contributed by atoms with Gasteiger partial charge in [-0.1, -0.05) is 60.4 Å². The number of nitrogens with zero attached hydrogens (tertiary/aromatic N) is 3. The maximum absolute atomic E-state index is 13.4. The number of anilines is 1. The minimum atomic E-state index is -0.265. The number of carbonyl (C=O) groups is 1. The van der Waals surface area contributed by atoms with Gasteiger partial charge in [0.1, 0.15) is 21.5 Å². The van der Waals surface area contributed by atoms with Gasteiger partial charge in [0.15, 0.2) is 0 Å². The number of fused-ring (bicyclic) bond motifs is 1. The lowest BCUT2D eigenvalue weighted by atomic mass is 10.1. The lowest BCUT2D eigenvalue weighted by Gasteiger charge is -2.12. The minimum absolute atomic E-state index is 0.242. The number of rotatable bonds is 7. The smallest absolute Gasteiger partial charge is 0.267 e. The van der Waals surface area contributed by atoms with E-state index in [0.717, 1.165) is 6.42 Å². The number of thioether (sulfide) groups is 1. The van der Waals surface area contributed by atoms with E-state index in [1.54, 1.807) is 42.8 Å². The molecule has 170 valence electrons. The third-order valence-corrected chi connectivity index (χ3v) is 6.74. The Balaban J connectivity index is 1.47. The third-order valence-electron chi connectivity index (χ3n) is 5.36. The van der Waals surface area contributed by atoms with Gasteiger partial charge in [0, 0.05) is 12.7 Å². The van der Waals surface area contributed by atoms with Crippen LogP contribution in [0.15, 0.2) is 87.2 Å². The summed E-state index contributed by atoms with van der Waals surface area (Å²) in [5.74, 6) is 0.802. The Morgan fingerprint density at radius 2 is 1.88 bits per heavy atom. The normalized spacial score (nSPS) is 14.9. The van der Waals surface area contributed by atoms with Crippen molar-refractivity contribution in [1.82, 2.24) is 14.3 Å². The average molecular weight is 489 g/mol. The first-order valence-electron chi connectivity index (χ1n) is 10.7. The molecule has 0 bridgehead atoms. The van der Waals surface area contributed by atoms with Crippen LogP contribution in [0.5, 0.6) is 0 Å². The van der Waals surface area contributed by atoms with Crippen LogP contribution in [0, 0.1) is 0 Å². The van der Waals surface area contributed by atoms with Gasteiger partial charge in [0.2, 0.25) is 0 Å². The molecule has 3 aromatic heterocycles. The van der Waals surface area contributed by atoms with Crippen LogP contribution in [0.25, 0.3) is 11.7 Å². The monoisotopic (exact) mass is 488 g/mol. The van der Waals surface area contributed by atoms with E-state index in [-0.39, 0.29) is 18.0 Å². The molecule has 1 aliphatic heterocycles. The Hall–Kier alpha value is -3.69. The number of furan rings is 1. The summed E-state index contributed by atoms with van der Waals surface area (Å²) in [6, 6.07) is 19.0. The summed E-state index contributed by atoms with van der Waals surface area (Å²) < 4.78 is 7.24. The first kappa shape index (κ1) is 22.1. The maximum Gasteiger partial charge on any atom is 0.267 e. The summed E-state index contributed by atoms with van der Waals surface area (Å²) >= 11 is 6.59. The van der Waals surface area contributed by atoms with E-state index in [0.29, 0.717) is 38.6 Å². The van der Waals surface area contributed by atoms with Crippen LogP contribution in [0.2, 0.25) is 0 Å². The van der Waals surface area contributed by atoms with Gasteiger partial charge < -0.3 is 9.73 Å². The standard InChI is InChI=1S/C25H20N4O3S2/c30-23-19(15-20-24(31)29(25(33)34-20)16-18-9-6-14-32-18)22(27-21-10-4-5-13-28(21)23)26-12-11-17-7-2-1-3-8-17/h1-10,13-15,26H,11-12,16H2. The number of nitrogens with one attached hydrogen (secondary N) is 1. The predicted octanol–water partition coefficient (Wildman–Crippen LogP) is 4.34. The van der Waals surface area contributed by atoms with E-state index in [4.69, 9.17) is 16.6 Å². The van der Waals surface area contributed by atoms with Crippen molar-refractivity contribution in [2.24, 2.45) is 0 Å². The molecule has 0 radical (unpaired) electrons. The highest BCUT2D eigenvalue weighted by molar-refractivity contribution is 8.26. The zero-order chi connectivity index (χ0) is 23.5. The lowest BCUT2D eigenvalue weighted by Crippen LogP contribution is -2.27. The van der Waals surface area contributed by atoms with E-state index in [9.17, 15) is 9.59 Å². The van der Waals surface area contributed by atoms with Gasteiger partial charge in [-0.3, -0.25) is 18.9 Å². The van der Waals surface area contributed by atoms with Crippen LogP contribution in [-0.2, 0) is 17.8 Å². The Labute approximate surface area is 205 Å². The maximum atomic E-state index is 13.4. The number of aromatic nitrogens is 2. The molecule has 0 spiro atoms. The van der Waals surface area contributed by atoms with Crippen molar-refractivity contribution < 1.29 is 9.21 Å². The number of benzene rings is 1. The van der Waals surface area contributed by atoms with Gasteiger partial charge in [-0.15, -0.1) is 0 Å². The molecule has 1 aromatic carbocycles. The van der Waals surface area contributed by atoms with E-state index in [1.807, 2.05) is 24.3 Å². The predicted molar refractivity (Wildman–Crippen MR) is 138 cm³/mol. The molecule has 4 aromatic rings. The zero-order valence-electron chi connectivity index (χ0n) is 18.0. The quantitative estimate of drug-likeness (QED) is 0.306. The molecule has 9 heteroatoms. The number of hydrogen-bond donors (Lipinski definition) is 1. The van der Waals surface area contributed by atoms with Crippen molar-refractivity contribution in [3.05, 3.63) is 105 Å². The largest absolute Gasteiger partial charge is 0.467 e. The van der Waals surface area contributed by atoms with Crippen molar-refractivity contribution in [2.45, 2.75) is 13.0 Å². The van der Waals surface area contributed by atoms with E-state index in [2.05, 4.69) is 22.4 Å². The van der Waals surface area contributed by atoms with Crippen LogP contribution in [0.3, 0.4) is 0 Å². The molecule has 0 aliphatic carbocycles. The molecule has 7 nitrogen and oxygen atoms in total. The fourth-order valence-electron chi connectivity index (χ4n) is 3.66. The molecule has 0 saturated carbocycles. The Bertz CT molecular complexity index is 1450. The Kier molecular flexibility index (Phi) is 6.29. The summed E-state index contributed by atoms with van der Waals surface area (Å²) in [7, 11) is 0. The van der Waals surface area contributed by atoms with Gasteiger partial charge in [-0.2, -0.15) is 0 Å². The van der Waals surface area contributed by atoms with E-state index < -0.39 is 0 Å². The summed E-state index contributed by atoms with van der Waals surface area (Å²) in [4.78, 5) is 32.9. The SMILES string of the molecule is O=C1C(=Cc2c(NCCc3ccccc3)nc3ccccn3c2=O)SC(=S)N1Cc1ccco1. The first-order valence-corrected chi connectivity index (χ1v) is 11.9. The van der Waals surface area contributed by atoms with Crippen LogP contribution >= 0.6 is 24.0 Å². The third kappa shape index (κ3) is 4.52. The van der Waals surface area contributed by atoms with Gasteiger partial charge in [0.05, 0.1) is 23.3 Å².